The van der Waals surface area contributed by atoms with Gasteiger partial charge in [0.25, 0.3) is 0 Å². The van der Waals surface area contributed by atoms with E-state index in [0.29, 0.717) is 0 Å². The summed E-state index contributed by atoms with van der Waals surface area (Å²) in [6, 6.07) is 19.5. The average molecular weight is 649 g/mol. The van der Waals surface area contributed by atoms with E-state index in [4.69, 9.17) is 22.0 Å². The highest BCUT2D eigenvalue weighted by Gasteiger charge is 1.62. The summed E-state index contributed by atoms with van der Waals surface area (Å²) < 4.78 is 0. The molecule has 1 aromatic carbocycles. The molecule has 0 bridgehead atoms. The molecule has 248 valence electrons. The fraction of sp³-hybridized carbons (Fsp3) is 0. The maximum Gasteiger partial charge on any atom is 0.138 e. The van der Waals surface area contributed by atoms with Crippen molar-refractivity contribution in [3.05, 3.63) is 179 Å². The lowest BCUT2D eigenvalue weighted by Gasteiger charge is -1.70. The van der Waals surface area contributed by atoms with Crippen LogP contribution in [0.2, 0.25) is 0 Å². The van der Waals surface area contributed by atoms with Crippen LogP contribution in [-0.2, 0) is 0 Å². The summed E-state index contributed by atoms with van der Waals surface area (Å²) in [5, 5.41) is 26.0. The van der Waals surface area contributed by atoms with Gasteiger partial charge in [-0.05, 0) is 42.6 Å². The van der Waals surface area contributed by atoms with Gasteiger partial charge in [-0.15, -0.1) is 5.10 Å². The van der Waals surface area contributed by atoms with Gasteiger partial charge in [0.15, 0.2) is 0 Å². The fourth-order valence-electron chi connectivity index (χ4n) is 1.78. The first kappa shape index (κ1) is 45.2. The van der Waals surface area contributed by atoms with E-state index < -0.39 is 0 Å². The Hall–Kier alpha value is -7.20. The molecule has 5 aromatic heterocycles. The third kappa shape index (κ3) is 48.5. The molecule has 0 atom stereocenters. The SMILES string of the molecule is N.N=C/C=C\C=N.N=C/C=C\N.c1ccccc1.c1ccncc1.c1cnccn1.c1cncnc1.c1cnncn1.c1ncncn1. The first-order chi connectivity index (χ1) is 23.3. The minimum Gasteiger partial charge on any atom is -0.405 e. The highest BCUT2D eigenvalue weighted by molar-refractivity contribution is 5.78. The molecule has 0 aliphatic carbocycles. The van der Waals surface area contributed by atoms with Gasteiger partial charge in [-0.25, -0.2) is 29.9 Å². The Morgan fingerprint density at radius 2 is 0.688 bits per heavy atom. The summed E-state index contributed by atoms with van der Waals surface area (Å²) >= 11 is 0. The first-order valence-electron chi connectivity index (χ1n) is 13.2. The van der Waals surface area contributed by atoms with Crippen molar-refractivity contribution in [3.63, 3.8) is 0 Å². The van der Waals surface area contributed by atoms with E-state index in [0.717, 1.165) is 18.6 Å². The largest absolute Gasteiger partial charge is 0.405 e. The molecule has 0 radical (unpaired) electrons. The highest BCUT2D eigenvalue weighted by Crippen LogP contribution is 1.80. The van der Waals surface area contributed by atoms with Gasteiger partial charge in [-0.3, -0.25) is 15.0 Å². The molecule has 0 unspecified atom stereocenters. The van der Waals surface area contributed by atoms with Crippen molar-refractivity contribution in [1.29, 1.82) is 16.2 Å². The molecule has 6 aromatic rings. The number of nitrogens with two attached hydrogens (primary N) is 1. The number of pyridine rings is 1. The zero-order valence-corrected chi connectivity index (χ0v) is 26.2. The van der Waals surface area contributed by atoms with Gasteiger partial charge in [-0.2, -0.15) is 5.10 Å². The topological polar surface area (TPSA) is 274 Å². The predicted molar refractivity (Wildman–Crippen MR) is 188 cm³/mol. The van der Waals surface area contributed by atoms with Crippen LogP contribution in [-0.4, -0.2) is 73.7 Å². The van der Waals surface area contributed by atoms with E-state index in [9.17, 15) is 0 Å². The zero-order chi connectivity index (χ0) is 34.4. The Morgan fingerprint density at radius 3 is 0.833 bits per heavy atom. The van der Waals surface area contributed by atoms with Gasteiger partial charge >= 0.3 is 0 Å². The summed E-state index contributed by atoms with van der Waals surface area (Å²) in [6.45, 7) is 0. The summed E-state index contributed by atoms with van der Waals surface area (Å²) in [4.78, 5) is 32.9. The van der Waals surface area contributed by atoms with Crippen molar-refractivity contribution in [2.45, 2.75) is 0 Å². The van der Waals surface area contributed by atoms with Gasteiger partial charge in [0.1, 0.15) is 31.6 Å². The van der Waals surface area contributed by atoms with Crippen LogP contribution in [0.15, 0.2) is 179 Å². The minimum absolute atomic E-state index is 0. The molecule has 0 saturated carbocycles. The van der Waals surface area contributed by atoms with Crippen molar-refractivity contribution in [1.82, 2.24) is 61.2 Å². The number of allylic oxidation sites excluding steroid dienone is 3. The second kappa shape index (κ2) is 46.7. The number of nitrogens with zero attached hydrogens (tertiary/aromatic N) is 11. The minimum atomic E-state index is 0. The van der Waals surface area contributed by atoms with Crippen LogP contribution in [0.4, 0.5) is 0 Å². The van der Waals surface area contributed by atoms with Crippen LogP contribution >= 0.6 is 0 Å². The van der Waals surface area contributed by atoms with Gasteiger partial charge in [0.05, 0.1) is 6.20 Å². The second-order valence-corrected chi connectivity index (χ2v) is 6.83. The van der Waals surface area contributed by atoms with Crippen LogP contribution in [0.1, 0.15) is 0 Å². The Morgan fingerprint density at radius 1 is 0.333 bits per heavy atom. The smallest absolute Gasteiger partial charge is 0.138 e. The molecule has 0 spiro atoms. The van der Waals surface area contributed by atoms with E-state index in [1.807, 2.05) is 54.6 Å². The molecule has 0 amide bonds. The maximum absolute atomic E-state index is 6.39. The predicted octanol–water partition coefficient (Wildman–Crippen LogP) is 4.58. The van der Waals surface area contributed by atoms with Crippen molar-refractivity contribution in [2.24, 2.45) is 5.73 Å². The zero-order valence-electron chi connectivity index (χ0n) is 26.2. The molecule has 0 fully saturated rings. The van der Waals surface area contributed by atoms with E-state index in [1.165, 1.54) is 62.3 Å². The monoisotopic (exact) mass is 648 g/mol. The second-order valence-electron chi connectivity index (χ2n) is 6.83. The molecule has 16 heteroatoms. The normalized spacial score (nSPS) is 8.00. The van der Waals surface area contributed by atoms with E-state index in [-0.39, 0.29) is 6.15 Å². The Bertz CT molecular complexity index is 1010. The molecule has 16 nitrogen and oxygen atoms in total. The number of aromatic nitrogens is 11. The molecule has 6 rings (SSSR count). The van der Waals surface area contributed by atoms with Gasteiger partial charge in [-0.1, -0.05) is 42.5 Å². The summed E-state index contributed by atoms with van der Waals surface area (Å²) in [5.41, 5.74) is 4.81. The quantitative estimate of drug-likeness (QED) is 0.165. The van der Waals surface area contributed by atoms with Crippen molar-refractivity contribution in [3.8, 4) is 0 Å². The molecule has 48 heavy (non-hydrogen) atoms. The highest BCUT2D eigenvalue weighted by atomic mass is 15.1. The van der Waals surface area contributed by atoms with Crippen molar-refractivity contribution in [2.75, 3.05) is 0 Å². The van der Waals surface area contributed by atoms with Gasteiger partial charge < -0.3 is 28.1 Å². The van der Waals surface area contributed by atoms with Crippen LogP contribution in [0.5, 0.6) is 0 Å². The van der Waals surface area contributed by atoms with Gasteiger partial charge in [0.2, 0.25) is 0 Å². The molecular formula is C32H40N16. The fourth-order valence-corrected chi connectivity index (χ4v) is 1.78. The molecule has 5 heterocycles. The first-order valence-corrected chi connectivity index (χ1v) is 13.2. The molecule has 0 aliphatic heterocycles. The average Bonchev–Trinajstić information content (AvgIpc) is 3.20. The van der Waals surface area contributed by atoms with E-state index in [1.54, 1.807) is 61.8 Å². The number of hydrogen-bond donors (Lipinski definition) is 5. The lowest BCUT2D eigenvalue weighted by Crippen LogP contribution is -1.75. The summed E-state index contributed by atoms with van der Waals surface area (Å²) in [6.07, 6.45) is 32.8. The third-order valence-electron chi connectivity index (χ3n) is 3.50. The van der Waals surface area contributed by atoms with E-state index >= 15 is 0 Å². The Balaban J connectivity index is -0.000000481. The van der Waals surface area contributed by atoms with Crippen LogP contribution < -0.4 is 11.9 Å². The Kier molecular flexibility index (Phi) is 44.1. The van der Waals surface area contributed by atoms with Crippen molar-refractivity contribution >= 4 is 18.6 Å². The van der Waals surface area contributed by atoms with Crippen LogP contribution in [0, 0.1) is 16.2 Å². The van der Waals surface area contributed by atoms with Gasteiger partial charge in [0, 0.05) is 74.4 Å². The number of hydrogen-bond acceptors (Lipinski definition) is 16. The summed E-state index contributed by atoms with van der Waals surface area (Å²) in [5.74, 6) is 0. The lowest BCUT2D eigenvalue weighted by atomic mass is 10.4. The maximum atomic E-state index is 6.39. The summed E-state index contributed by atoms with van der Waals surface area (Å²) in [7, 11) is 0. The molecule has 0 saturated heterocycles. The van der Waals surface area contributed by atoms with Crippen LogP contribution in [0.25, 0.3) is 0 Å². The number of nitrogens with one attached hydrogen (secondary N) is 3. The number of benzene rings is 1. The third-order valence-corrected chi connectivity index (χ3v) is 3.50. The molecule has 0 aliphatic rings. The van der Waals surface area contributed by atoms with E-state index in [2.05, 4.69) is 55.1 Å². The molecule has 8 N–H and O–H groups in total. The standard InChI is InChI=1S/C6H6.C5H5N.2C4H4N2.C4H6N2.2C3H3N3.C3H6N2.H3N/c2*1-2-4-6-5-3-1;1-2-6-4-3-5-1;1-2-5-4-6-3-1;5-3-1-2-4-6;1-4-2-6-3-5-1;1-2-5-6-3-4-1;4-2-1-3-5;/h1-6H;1-5H;2*1-4H;1-6H;2*1-3H;1-4H,5H2;1H3/b;;;;2-1-,5-3?,6-4?;;;3-1-,4-2?;. The van der Waals surface area contributed by atoms with Crippen molar-refractivity contribution < 1.29 is 0 Å². The lowest BCUT2D eigenvalue weighted by molar-refractivity contribution is 0.969. The molecular weight excluding hydrogens is 608 g/mol. The Labute approximate surface area is 280 Å². The number of rotatable bonds is 3. The van der Waals surface area contributed by atoms with Crippen LogP contribution in [0.3, 0.4) is 0 Å².